The first kappa shape index (κ1) is 11.0. The third-order valence-electron chi connectivity index (χ3n) is 1.92. The van der Waals surface area contributed by atoms with Gasteiger partial charge in [-0.3, -0.25) is 4.79 Å². The summed E-state index contributed by atoms with van der Waals surface area (Å²) in [4.78, 5) is 11.0. The van der Waals surface area contributed by atoms with Crippen molar-refractivity contribution in [2.75, 3.05) is 0 Å². The molecular weight excluding hydrogens is 244 g/mol. The molecule has 0 aliphatic carbocycles. The smallest absolute Gasteiger partial charge is 0.155 e. The molecule has 1 N–H and O–H groups in total. The summed E-state index contributed by atoms with van der Waals surface area (Å²) in [7, 11) is 0. The summed E-state index contributed by atoms with van der Waals surface area (Å²) in [5, 5.41) is 9.49. The van der Waals surface area contributed by atoms with E-state index in [0.717, 1.165) is 4.47 Å². The normalized spacial score (nSPS) is 11.5. The maximum atomic E-state index is 11.0. The number of carbonyl (C=O) groups is 1. The Morgan fingerprint density at radius 2 is 2.07 bits per heavy atom. The average molecular weight is 255 g/mol. The van der Waals surface area contributed by atoms with E-state index in [4.69, 9.17) is 0 Å². The largest absolute Gasteiger partial charge is 0.507 e. The van der Waals surface area contributed by atoms with Crippen molar-refractivity contribution in [3.63, 3.8) is 0 Å². The number of benzene rings is 1. The van der Waals surface area contributed by atoms with Gasteiger partial charge in [0.1, 0.15) is 5.75 Å². The number of aromatic hydroxyl groups is 1. The molecule has 0 heterocycles. The number of hydrogen-bond acceptors (Lipinski definition) is 2. The minimum atomic E-state index is 0.00405. The second-order valence-corrected chi connectivity index (χ2v) is 4.00. The van der Waals surface area contributed by atoms with Crippen LogP contribution in [0.3, 0.4) is 0 Å². The molecule has 1 aromatic carbocycles. The number of Topliss-reactive ketones (excluding diaryl/α,β-unsaturated/α-hetero) is 1. The highest BCUT2D eigenvalue weighted by atomic mass is 79.9. The second-order valence-electron chi connectivity index (χ2n) is 3.09. The van der Waals surface area contributed by atoms with Gasteiger partial charge in [-0.1, -0.05) is 15.9 Å². The van der Waals surface area contributed by atoms with Crippen LogP contribution in [0.15, 0.2) is 28.2 Å². The zero-order valence-electron chi connectivity index (χ0n) is 8.04. The lowest BCUT2D eigenvalue weighted by atomic mass is 10.1. The molecule has 0 atom stereocenters. The van der Waals surface area contributed by atoms with Crippen molar-refractivity contribution in [3.05, 3.63) is 33.8 Å². The van der Waals surface area contributed by atoms with Gasteiger partial charge in [0.2, 0.25) is 0 Å². The van der Waals surface area contributed by atoms with Crippen LogP contribution in [0.1, 0.15) is 19.4 Å². The summed E-state index contributed by atoms with van der Waals surface area (Å²) < 4.78 is 0.873. The Kier molecular flexibility index (Phi) is 3.47. The third-order valence-corrected chi connectivity index (χ3v) is 2.41. The molecule has 0 spiro atoms. The first-order valence-electron chi connectivity index (χ1n) is 4.18. The molecule has 0 aliphatic heterocycles. The van der Waals surface area contributed by atoms with Crippen LogP contribution < -0.4 is 0 Å². The van der Waals surface area contributed by atoms with Gasteiger partial charge < -0.3 is 5.11 Å². The van der Waals surface area contributed by atoms with Crippen LogP contribution in [0, 0.1) is 0 Å². The fourth-order valence-corrected chi connectivity index (χ4v) is 1.35. The Balaban J connectivity index is 3.13. The van der Waals surface area contributed by atoms with Crippen LogP contribution in [-0.2, 0) is 4.79 Å². The van der Waals surface area contributed by atoms with Crippen molar-refractivity contribution in [1.82, 2.24) is 0 Å². The molecule has 74 valence electrons. The first-order valence-corrected chi connectivity index (χ1v) is 4.98. The zero-order valence-corrected chi connectivity index (χ0v) is 9.63. The van der Waals surface area contributed by atoms with Gasteiger partial charge in [-0.15, -0.1) is 0 Å². The van der Waals surface area contributed by atoms with Gasteiger partial charge in [0.05, 0.1) is 0 Å². The van der Waals surface area contributed by atoms with E-state index in [0.29, 0.717) is 11.1 Å². The molecule has 2 nitrogen and oxygen atoms in total. The first-order chi connectivity index (χ1) is 6.50. The molecule has 0 fully saturated rings. The number of halogens is 1. The molecule has 3 heteroatoms. The van der Waals surface area contributed by atoms with Crippen LogP contribution in [0.4, 0.5) is 0 Å². The van der Waals surface area contributed by atoms with Crippen LogP contribution in [0.2, 0.25) is 0 Å². The minimum Gasteiger partial charge on any atom is -0.507 e. The Morgan fingerprint density at radius 1 is 1.43 bits per heavy atom. The molecule has 14 heavy (non-hydrogen) atoms. The number of phenols is 1. The number of carbonyl (C=O) groups excluding carboxylic acids is 1. The lowest BCUT2D eigenvalue weighted by Crippen LogP contribution is -1.90. The highest BCUT2D eigenvalue weighted by molar-refractivity contribution is 9.10. The Labute approximate surface area is 91.4 Å². The predicted octanol–water partition coefficient (Wildman–Crippen LogP) is 3.15. The number of rotatable bonds is 2. The van der Waals surface area contributed by atoms with Gasteiger partial charge in [0.15, 0.2) is 5.78 Å². The topological polar surface area (TPSA) is 37.3 Å². The van der Waals surface area contributed by atoms with Crippen molar-refractivity contribution < 1.29 is 9.90 Å². The molecule has 0 unspecified atom stereocenters. The molecule has 0 bridgehead atoms. The van der Waals surface area contributed by atoms with Crippen LogP contribution in [-0.4, -0.2) is 10.9 Å². The molecule has 0 amide bonds. The van der Waals surface area contributed by atoms with E-state index in [1.165, 1.54) is 6.92 Å². The van der Waals surface area contributed by atoms with Crippen molar-refractivity contribution in [1.29, 1.82) is 0 Å². The average Bonchev–Trinajstić information content (AvgIpc) is 2.11. The monoisotopic (exact) mass is 254 g/mol. The fraction of sp³-hybridized carbons (Fsp3) is 0.182. The van der Waals surface area contributed by atoms with Crippen LogP contribution in [0.5, 0.6) is 5.75 Å². The highest BCUT2D eigenvalue weighted by Crippen LogP contribution is 2.24. The van der Waals surface area contributed by atoms with E-state index < -0.39 is 0 Å². The highest BCUT2D eigenvalue weighted by Gasteiger charge is 2.01. The number of phenolic OH excluding ortho intramolecular Hbond substituents is 1. The molecule has 0 saturated heterocycles. The lowest BCUT2D eigenvalue weighted by molar-refractivity contribution is -0.113. The van der Waals surface area contributed by atoms with Gasteiger partial charge in [0, 0.05) is 10.0 Å². The summed E-state index contributed by atoms with van der Waals surface area (Å²) in [6.07, 6.45) is 1.67. The van der Waals surface area contributed by atoms with Crippen molar-refractivity contribution >= 4 is 27.8 Å². The van der Waals surface area contributed by atoms with Gasteiger partial charge in [-0.25, -0.2) is 0 Å². The summed E-state index contributed by atoms with van der Waals surface area (Å²) >= 11 is 3.30. The molecule has 1 aromatic rings. The quantitative estimate of drug-likeness (QED) is 0.824. The molecule has 0 aliphatic rings. The second kappa shape index (κ2) is 4.42. The van der Waals surface area contributed by atoms with E-state index >= 15 is 0 Å². The number of ketones is 1. The van der Waals surface area contributed by atoms with Gasteiger partial charge in [-0.05, 0) is 43.7 Å². The zero-order chi connectivity index (χ0) is 10.7. The van der Waals surface area contributed by atoms with E-state index in [1.807, 2.05) is 0 Å². The van der Waals surface area contributed by atoms with Gasteiger partial charge in [-0.2, -0.15) is 0 Å². The van der Waals surface area contributed by atoms with Crippen molar-refractivity contribution in [2.24, 2.45) is 0 Å². The molecule has 0 aromatic heterocycles. The third kappa shape index (κ3) is 2.70. The molecule has 0 radical (unpaired) electrons. The summed E-state index contributed by atoms with van der Waals surface area (Å²) in [6.45, 7) is 3.23. The molecule has 1 rings (SSSR count). The van der Waals surface area contributed by atoms with Crippen molar-refractivity contribution in [2.45, 2.75) is 13.8 Å². The predicted molar refractivity (Wildman–Crippen MR) is 60.1 cm³/mol. The number of hydrogen-bond donors (Lipinski definition) is 1. The SMILES string of the molecule is CC(=O)/C(C)=C\c1cc(Br)ccc1O. The summed E-state index contributed by atoms with van der Waals surface area (Å²) in [5.74, 6) is 0.179. The van der Waals surface area contributed by atoms with Crippen molar-refractivity contribution in [3.8, 4) is 5.75 Å². The van der Waals surface area contributed by atoms with Gasteiger partial charge >= 0.3 is 0 Å². The van der Waals surface area contributed by atoms with E-state index in [-0.39, 0.29) is 11.5 Å². The Bertz CT molecular complexity index is 394. The number of allylic oxidation sites excluding steroid dienone is 1. The van der Waals surface area contributed by atoms with E-state index in [1.54, 1.807) is 31.2 Å². The lowest BCUT2D eigenvalue weighted by Gasteiger charge is -2.01. The Hall–Kier alpha value is -1.09. The molecule has 0 saturated carbocycles. The van der Waals surface area contributed by atoms with E-state index in [2.05, 4.69) is 15.9 Å². The minimum absolute atomic E-state index is 0.00405. The summed E-state index contributed by atoms with van der Waals surface area (Å²) in [6, 6.07) is 5.10. The fourth-order valence-electron chi connectivity index (χ4n) is 0.976. The maximum absolute atomic E-state index is 11.0. The standard InChI is InChI=1S/C11H11BrO2/c1-7(8(2)13)5-9-6-10(12)3-4-11(9)14/h3-6,14H,1-2H3/b7-5-. The maximum Gasteiger partial charge on any atom is 0.155 e. The van der Waals surface area contributed by atoms with Gasteiger partial charge in [0.25, 0.3) is 0 Å². The summed E-state index contributed by atoms with van der Waals surface area (Å²) in [5.41, 5.74) is 1.27. The van der Waals surface area contributed by atoms with E-state index in [9.17, 15) is 9.90 Å². The van der Waals surface area contributed by atoms with Crippen LogP contribution >= 0.6 is 15.9 Å². The molecular formula is C11H11BrO2. The Morgan fingerprint density at radius 3 is 2.64 bits per heavy atom. The van der Waals surface area contributed by atoms with Crippen LogP contribution in [0.25, 0.3) is 6.08 Å².